The molecule has 1 aliphatic heterocycles. The van der Waals surface area contributed by atoms with Crippen molar-refractivity contribution in [3.63, 3.8) is 0 Å². The van der Waals surface area contributed by atoms with Crippen LogP contribution in [0, 0.1) is 11.8 Å². The summed E-state index contributed by atoms with van der Waals surface area (Å²) in [7, 11) is 0.441. The van der Waals surface area contributed by atoms with E-state index in [0.717, 1.165) is 5.69 Å². The predicted molar refractivity (Wildman–Crippen MR) is 77.8 cm³/mol. The summed E-state index contributed by atoms with van der Waals surface area (Å²) in [5.74, 6) is 1.18. The van der Waals surface area contributed by atoms with Crippen LogP contribution in [0.2, 0.25) is 0 Å². The molecule has 0 spiro atoms. The summed E-state index contributed by atoms with van der Waals surface area (Å²) in [6, 6.07) is 1.79. The highest BCUT2D eigenvalue weighted by Gasteiger charge is 2.41. The molecule has 1 aromatic rings. The lowest BCUT2D eigenvalue weighted by molar-refractivity contribution is 0.445. The number of aryl methyl sites for hydroxylation is 1. The molecule has 112 valence electrons. The molecule has 2 fully saturated rings. The normalized spacial score (nSPS) is 27.1. The number of fused-ring (bicyclic) bond motifs is 1. The van der Waals surface area contributed by atoms with E-state index in [-0.39, 0.29) is 0 Å². The number of rotatable bonds is 4. The summed E-state index contributed by atoms with van der Waals surface area (Å²) in [5, 5.41) is 3.06. The second-order valence-electron chi connectivity index (χ2n) is 6.08. The molecule has 6 heteroatoms. The number of hydrogen-bond donors (Lipinski definition) is 1. The van der Waals surface area contributed by atoms with Gasteiger partial charge in [0.1, 0.15) is 4.90 Å². The summed E-state index contributed by atoms with van der Waals surface area (Å²) in [6.07, 6.45) is 5.38. The van der Waals surface area contributed by atoms with Gasteiger partial charge in [-0.2, -0.15) is 4.31 Å². The van der Waals surface area contributed by atoms with Crippen LogP contribution in [0.1, 0.15) is 25.0 Å². The Kier molecular flexibility index (Phi) is 3.64. The number of nitrogens with zero attached hydrogens (tertiary/aromatic N) is 2. The van der Waals surface area contributed by atoms with Crippen molar-refractivity contribution in [2.75, 3.05) is 20.1 Å². The summed E-state index contributed by atoms with van der Waals surface area (Å²) in [4.78, 5) is 0.435. The maximum atomic E-state index is 12.7. The second-order valence-corrected chi connectivity index (χ2v) is 8.02. The Bertz CT molecular complexity index is 582. The maximum absolute atomic E-state index is 12.7. The molecule has 2 aliphatic rings. The molecule has 1 aromatic heterocycles. The van der Waals surface area contributed by atoms with Crippen molar-refractivity contribution in [3.8, 4) is 0 Å². The fraction of sp³-hybridized carbons (Fsp3) is 0.714. The Hall–Kier alpha value is -0.850. The zero-order valence-corrected chi connectivity index (χ0v) is 13.0. The highest BCUT2D eigenvalue weighted by molar-refractivity contribution is 7.89. The lowest BCUT2D eigenvalue weighted by Gasteiger charge is -2.16. The molecule has 20 heavy (non-hydrogen) atoms. The van der Waals surface area contributed by atoms with Crippen LogP contribution in [0.25, 0.3) is 0 Å². The van der Waals surface area contributed by atoms with E-state index in [4.69, 9.17) is 0 Å². The lowest BCUT2D eigenvalue weighted by atomic mass is 10.0. The van der Waals surface area contributed by atoms with Gasteiger partial charge in [-0.3, -0.25) is 0 Å². The monoisotopic (exact) mass is 297 g/mol. The standard InChI is InChI=1S/C14H23N3O2S/c1-15-7-13-6-14(10-16(13)2)20(18,19)17-8-11-4-3-5-12(11)9-17/h6,10-12,15H,3-5,7-9H2,1-2H3. The Labute approximate surface area is 121 Å². The largest absolute Gasteiger partial charge is 0.352 e. The van der Waals surface area contributed by atoms with E-state index in [2.05, 4.69) is 5.32 Å². The van der Waals surface area contributed by atoms with Gasteiger partial charge in [-0.25, -0.2) is 8.42 Å². The van der Waals surface area contributed by atoms with E-state index in [0.29, 0.717) is 36.4 Å². The number of hydrogen-bond acceptors (Lipinski definition) is 3. The van der Waals surface area contributed by atoms with Gasteiger partial charge < -0.3 is 9.88 Å². The van der Waals surface area contributed by atoms with Crippen LogP contribution in [0.5, 0.6) is 0 Å². The van der Waals surface area contributed by atoms with Gasteiger partial charge in [-0.15, -0.1) is 0 Å². The van der Waals surface area contributed by atoms with Crippen molar-refractivity contribution < 1.29 is 8.42 Å². The topological polar surface area (TPSA) is 54.3 Å². The minimum absolute atomic E-state index is 0.435. The number of aromatic nitrogens is 1. The minimum Gasteiger partial charge on any atom is -0.352 e. The number of nitrogens with one attached hydrogen (secondary N) is 1. The van der Waals surface area contributed by atoms with Crippen LogP contribution in [0.3, 0.4) is 0 Å². The molecule has 5 nitrogen and oxygen atoms in total. The Morgan fingerprint density at radius 1 is 1.30 bits per heavy atom. The molecule has 1 aliphatic carbocycles. The van der Waals surface area contributed by atoms with Gasteiger partial charge in [-0.05, 0) is 37.8 Å². The second kappa shape index (κ2) is 5.16. The molecule has 2 atom stereocenters. The third-order valence-corrected chi connectivity index (χ3v) is 6.57. The lowest BCUT2D eigenvalue weighted by Crippen LogP contribution is -2.29. The van der Waals surface area contributed by atoms with E-state index < -0.39 is 10.0 Å². The van der Waals surface area contributed by atoms with Crippen molar-refractivity contribution in [2.45, 2.75) is 30.7 Å². The summed E-state index contributed by atoms with van der Waals surface area (Å²) < 4.78 is 29.0. The van der Waals surface area contributed by atoms with E-state index in [1.165, 1.54) is 19.3 Å². The third-order valence-electron chi connectivity index (χ3n) is 4.77. The van der Waals surface area contributed by atoms with Crippen LogP contribution in [0.4, 0.5) is 0 Å². The van der Waals surface area contributed by atoms with Gasteiger partial charge in [0.05, 0.1) is 0 Å². The molecule has 0 bridgehead atoms. The molecule has 1 saturated heterocycles. The van der Waals surface area contributed by atoms with Crippen LogP contribution in [-0.2, 0) is 23.6 Å². The summed E-state index contributed by atoms with van der Waals surface area (Å²) >= 11 is 0. The average Bonchev–Trinajstić information content (AvgIpc) is 3.04. The minimum atomic E-state index is -3.32. The van der Waals surface area contributed by atoms with Crippen LogP contribution < -0.4 is 5.32 Å². The SMILES string of the molecule is CNCc1cc(S(=O)(=O)N2CC3CCCC3C2)cn1C. The van der Waals surface area contributed by atoms with Gasteiger partial charge in [-0.1, -0.05) is 6.42 Å². The molecule has 3 rings (SSSR count). The average molecular weight is 297 g/mol. The molecule has 2 unspecified atom stereocenters. The molecule has 0 radical (unpaired) electrons. The zero-order valence-electron chi connectivity index (χ0n) is 12.2. The molecular weight excluding hydrogens is 274 g/mol. The van der Waals surface area contributed by atoms with Crippen molar-refractivity contribution in [2.24, 2.45) is 18.9 Å². The van der Waals surface area contributed by atoms with Crippen LogP contribution in [0.15, 0.2) is 17.2 Å². The van der Waals surface area contributed by atoms with Gasteiger partial charge in [0, 0.05) is 38.6 Å². The van der Waals surface area contributed by atoms with Gasteiger partial charge in [0.2, 0.25) is 10.0 Å². The molecular formula is C14H23N3O2S. The predicted octanol–water partition coefficient (Wildman–Crippen LogP) is 1.17. The quantitative estimate of drug-likeness (QED) is 0.907. The zero-order chi connectivity index (χ0) is 14.3. The van der Waals surface area contributed by atoms with Crippen molar-refractivity contribution in [1.29, 1.82) is 0 Å². The molecule has 0 amide bonds. The number of sulfonamides is 1. The first-order valence-corrected chi connectivity index (χ1v) is 8.76. The van der Waals surface area contributed by atoms with E-state index >= 15 is 0 Å². The van der Waals surface area contributed by atoms with Crippen molar-refractivity contribution in [1.82, 2.24) is 14.2 Å². The molecule has 2 heterocycles. The van der Waals surface area contributed by atoms with Crippen LogP contribution >= 0.6 is 0 Å². The highest BCUT2D eigenvalue weighted by atomic mass is 32.2. The smallest absolute Gasteiger partial charge is 0.244 e. The molecule has 1 N–H and O–H groups in total. The van der Waals surface area contributed by atoms with Crippen molar-refractivity contribution >= 4 is 10.0 Å². The molecule has 0 aromatic carbocycles. The van der Waals surface area contributed by atoms with Gasteiger partial charge >= 0.3 is 0 Å². The summed E-state index contributed by atoms with van der Waals surface area (Å²) in [5.41, 5.74) is 0.991. The first-order chi connectivity index (χ1) is 9.52. The first-order valence-electron chi connectivity index (χ1n) is 7.32. The van der Waals surface area contributed by atoms with Crippen LogP contribution in [-0.4, -0.2) is 37.4 Å². The van der Waals surface area contributed by atoms with E-state index in [9.17, 15) is 8.42 Å². The third kappa shape index (κ3) is 2.29. The Morgan fingerprint density at radius 3 is 2.55 bits per heavy atom. The van der Waals surface area contributed by atoms with Gasteiger partial charge in [0.25, 0.3) is 0 Å². The Balaban J connectivity index is 1.83. The van der Waals surface area contributed by atoms with E-state index in [1.807, 2.05) is 18.7 Å². The molecule has 1 saturated carbocycles. The first kappa shape index (κ1) is 14.1. The van der Waals surface area contributed by atoms with Gasteiger partial charge in [0.15, 0.2) is 0 Å². The van der Waals surface area contributed by atoms with Crippen molar-refractivity contribution in [3.05, 3.63) is 18.0 Å². The summed E-state index contributed by atoms with van der Waals surface area (Å²) in [6.45, 7) is 2.10. The maximum Gasteiger partial charge on any atom is 0.244 e. The fourth-order valence-electron chi connectivity index (χ4n) is 3.61. The van der Waals surface area contributed by atoms with E-state index in [1.54, 1.807) is 16.6 Å². The Morgan fingerprint density at radius 2 is 1.95 bits per heavy atom. The fourth-order valence-corrected chi connectivity index (χ4v) is 5.26. The highest BCUT2D eigenvalue weighted by Crippen LogP contribution is 2.39.